The van der Waals surface area contributed by atoms with Gasteiger partial charge in [0.25, 0.3) is 0 Å². The Kier molecular flexibility index (Phi) is 6.26. The van der Waals surface area contributed by atoms with E-state index < -0.39 is 0 Å². The summed E-state index contributed by atoms with van der Waals surface area (Å²) in [5, 5.41) is 12.2. The molecule has 0 saturated carbocycles. The Hall–Kier alpha value is -2.94. The van der Waals surface area contributed by atoms with Crippen LogP contribution in [0.15, 0.2) is 72.8 Å². The van der Waals surface area contributed by atoms with E-state index in [1.807, 2.05) is 12.1 Å². The first-order valence-electron chi connectivity index (χ1n) is 7.81. The number of anilines is 2. The van der Waals surface area contributed by atoms with E-state index in [0.717, 1.165) is 5.75 Å². The molecule has 0 unspecified atom stereocenters. The Balaban J connectivity index is 0.000000198. The van der Waals surface area contributed by atoms with E-state index >= 15 is 0 Å². The van der Waals surface area contributed by atoms with Crippen LogP contribution in [0.1, 0.15) is 11.1 Å². The van der Waals surface area contributed by atoms with Gasteiger partial charge in [0.05, 0.1) is 7.11 Å². The number of aromatic hydroxyl groups is 1. The minimum atomic E-state index is 0.260. The largest absolute Gasteiger partial charge is 0.508 e. The lowest BCUT2D eigenvalue weighted by Crippen LogP contribution is -1.94. The molecule has 3 heteroatoms. The van der Waals surface area contributed by atoms with Crippen LogP contribution >= 0.6 is 0 Å². The normalized spacial score (nSPS) is 9.62. The number of ether oxygens (including phenoxy) is 1. The van der Waals surface area contributed by atoms with Gasteiger partial charge in [-0.1, -0.05) is 36.4 Å². The number of hydrogen-bond acceptors (Lipinski definition) is 3. The molecule has 2 N–H and O–H groups in total. The van der Waals surface area contributed by atoms with Crippen molar-refractivity contribution in [2.45, 2.75) is 13.8 Å². The molecule has 0 amide bonds. The molecular formula is C21H23NO2. The van der Waals surface area contributed by atoms with Gasteiger partial charge in [0.1, 0.15) is 11.5 Å². The Labute approximate surface area is 143 Å². The Morgan fingerprint density at radius 2 is 1.17 bits per heavy atom. The predicted molar refractivity (Wildman–Crippen MR) is 100 cm³/mol. The van der Waals surface area contributed by atoms with E-state index in [9.17, 15) is 0 Å². The van der Waals surface area contributed by atoms with E-state index in [4.69, 9.17) is 9.84 Å². The first-order chi connectivity index (χ1) is 11.6. The highest BCUT2D eigenvalue weighted by Crippen LogP contribution is 2.22. The summed E-state index contributed by atoms with van der Waals surface area (Å²) >= 11 is 0. The quantitative estimate of drug-likeness (QED) is 0.674. The van der Waals surface area contributed by atoms with Gasteiger partial charge in [-0.05, 0) is 61.4 Å². The average molecular weight is 321 g/mol. The second-order valence-corrected chi connectivity index (χ2v) is 5.45. The molecule has 3 aromatic rings. The first-order valence-corrected chi connectivity index (χ1v) is 7.81. The summed E-state index contributed by atoms with van der Waals surface area (Å²) in [5.41, 5.74) is 4.88. The summed E-state index contributed by atoms with van der Waals surface area (Å²) in [4.78, 5) is 0. The third-order valence-corrected chi connectivity index (χ3v) is 3.63. The van der Waals surface area contributed by atoms with Gasteiger partial charge in [-0.3, -0.25) is 0 Å². The number of aryl methyl sites for hydroxylation is 2. The second-order valence-electron chi connectivity index (χ2n) is 5.45. The molecule has 0 bridgehead atoms. The van der Waals surface area contributed by atoms with E-state index in [2.05, 4.69) is 55.6 Å². The summed E-state index contributed by atoms with van der Waals surface area (Å²) in [6.45, 7) is 4.22. The van der Waals surface area contributed by atoms with E-state index in [-0.39, 0.29) is 5.75 Å². The van der Waals surface area contributed by atoms with Gasteiger partial charge >= 0.3 is 0 Å². The highest BCUT2D eigenvalue weighted by Gasteiger charge is 1.99. The first kappa shape index (κ1) is 17.4. The zero-order chi connectivity index (χ0) is 17.4. The third kappa shape index (κ3) is 5.06. The smallest absolute Gasteiger partial charge is 0.119 e. The molecule has 0 aliphatic rings. The molecule has 0 aliphatic carbocycles. The van der Waals surface area contributed by atoms with Crippen LogP contribution in [0, 0.1) is 13.8 Å². The van der Waals surface area contributed by atoms with Crippen molar-refractivity contribution in [3.63, 3.8) is 0 Å². The number of benzene rings is 3. The van der Waals surface area contributed by atoms with Gasteiger partial charge in [0.15, 0.2) is 0 Å². The lowest BCUT2D eigenvalue weighted by atomic mass is 10.1. The summed E-state index contributed by atoms with van der Waals surface area (Å²) in [6.07, 6.45) is 0. The number of hydrogen-bond donors (Lipinski definition) is 2. The lowest BCUT2D eigenvalue weighted by molar-refractivity contribution is 0.412. The van der Waals surface area contributed by atoms with Gasteiger partial charge in [0.2, 0.25) is 0 Å². The van der Waals surface area contributed by atoms with Crippen LogP contribution in [0.25, 0.3) is 0 Å². The van der Waals surface area contributed by atoms with Crippen LogP contribution < -0.4 is 10.1 Å². The molecular weight excluding hydrogens is 298 g/mol. The molecule has 3 nitrogen and oxygen atoms in total. The summed E-state index contributed by atoms with van der Waals surface area (Å²) in [5.74, 6) is 1.02. The Morgan fingerprint density at radius 1 is 0.708 bits per heavy atom. The zero-order valence-electron chi connectivity index (χ0n) is 14.3. The van der Waals surface area contributed by atoms with E-state index in [1.54, 1.807) is 31.4 Å². The molecule has 0 aromatic heterocycles. The molecule has 24 heavy (non-hydrogen) atoms. The fourth-order valence-electron chi connectivity index (χ4n) is 2.15. The standard InChI is InChI=1S/C14H15N.C7H8O2/c1-11-7-3-5-9-13(11)15-14-10-6-4-8-12(14)2;1-9-7-4-2-6(8)3-5-7/h3-10,15H,1-2H3;2-5,8H,1H3. The summed E-state index contributed by atoms with van der Waals surface area (Å²) in [6, 6.07) is 23.2. The Bertz CT molecular complexity index is 723. The number of rotatable bonds is 3. The fraction of sp³-hybridized carbons (Fsp3) is 0.143. The molecule has 3 aromatic carbocycles. The van der Waals surface area contributed by atoms with Gasteiger partial charge in [-0.15, -0.1) is 0 Å². The number of para-hydroxylation sites is 2. The van der Waals surface area contributed by atoms with Crippen molar-refractivity contribution >= 4 is 11.4 Å². The molecule has 0 atom stereocenters. The maximum Gasteiger partial charge on any atom is 0.119 e. The molecule has 0 heterocycles. The van der Waals surface area contributed by atoms with Crippen LogP contribution in [-0.2, 0) is 0 Å². The van der Waals surface area contributed by atoms with Crippen LogP contribution in [0.2, 0.25) is 0 Å². The van der Waals surface area contributed by atoms with Crippen molar-refractivity contribution in [2.75, 3.05) is 12.4 Å². The minimum absolute atomic E-state index is 0.260. The summed E-state index contributed by atoms with van der Waals surface area (Å²) in [7, 11) is 1.59. The topological polar surface area (TPSA) is 41.5 Å². The van der Waals surface area contributed by atoms with Crippen molar-refractivity contribution in [1.82, 2.24) is 0 Å². The molecule has 124 valence electrons. The minimum Gasteiger partial charge on any atom is -0.508 e. The molecule has 0 spiro atoms. The van der Waals surface area contributed by atoms with Crippen LogP contribution in [0.5, 0.6) is 11.5 Å². The van der Waals surface area contributed by atoms with E-state index in [1.165, 1.54) is 22.5 Å². The molecule has 0 aliphatic heterocycles. The molecule has 0 saturated heterocycles. The maximum atomic E-state index is 8.80. The lowest BCUT2D eigenvalue weighted by Gasteiger charge is -2.11. The SMILES string of the molecule is COc1ccc(O)cc1.Cc1ccccc1Nc1ccccc1C. The number of phenolic OH excluding ortho intramolecular Hbond substituents is 1. The van der Waals surface area contributed by atoms with Gasteiger partial charge in [0, 0.05) is 11.4 Å². The molecule has 0 radical (unpaired) electrons. The molecule has 3 rings (SSSR count). The highest BCUT2D eigenvalue weighted by molar-refractivity contribution is 5.65. The van der Waals surface area contributed by atoms with Crippen molar-refractivity contribution in [3.05, 3.63) is 83.9 Å². The third-order valence-electron chi connectivity index (χ3n) is 3.63. The number of nitrogens with one attached hydrogen (secondary N) is 1. The van der Waals surface area contributed by atoms with Crippen LogP contribution in [-0.4, -0.2) is 12.2 Å². The maximum absolute atomic E-state index is 8.80. The van der Waals surface area contributed by atoms with Crippen molar-refractivity contribution < 1.29 is 9.84 Å². The summed E-state index contributed by atoms with van der Waals surface area (Å²) < 4.78 is 4.86. The van der Waals surface area contributed by atoms with Crippen molar-refractivity contribution in [2.24, 2.45) is 0 Å². The predicted octanol–water partition coefficient (Wildman–Crippen LogP) is 5.45. The van der Waals surface area contributed by atoms with Crippen molar-refractivity contribution in [3.8, 4) is 11.5 Å². The number of methoxy groups -OCH3 is 1. The van der Waals surface area contributed by atoms with Gasteiger partial charge < -0.3 is 15.2 Å². The van der Waals surface area contributed by atoms with Gasteiger partial charge in [-0.2, -0.15) is 0 Å². The average Bonchev–Trinajstić information content (AvgIpc) is 2.60. The number of phenols is 1. The van der Waals surface area contributed by atoms with Gasteiger partial charge in [-0.25, -0.2) is 0 Å². The van der Waals surface area contributed by atoms with Crippen molar-refractivity contribution in [1.29, 1.82) is 0 Å². The van der Waals surface area contributed by atoms with Crippen LogP contribution in [0.3, 0.4) is 0 Å². The second kappa shape index (κ2) is 8.63. The van der Waals surface area contributed by atoms with Crippen LogP contribution in [0.4, 0.5) is 11.4 Å². The molecule has 0 fully saturated rings. The highest BCUT2D eigenvalue weighted by atomic mass is 16.5. The fourth-order valence-corrected chi connectivity index (χ4v) is 2.15. The Morgan fingerprint density at radius 3 is 1.58 bits per heavy atom. The van der Waals surface area contributed by atoms with E-state index in [0.29, 0.717) is 0 Å². The monoisotopic (exact) mass is 321 g/mol. The zero-order valence-corrected chi connectivity index (χ0v) is 14.3.